The van der Waals surface area contributed by atoms with Gasteiger partial charge in [-0.1, -0.05) is 31.4 Å². The van der Waals surface area contributed by atoms with Crippen molar-refractivity contribution < 1.29 is 14.7 Å². The molecule has 1 aromatic rings. The fraction of sp³-hybridized carbons (Fsp3) is 0.467. The first-order valence-corrected chi connectivity index (χ1v) is 6.52. The number of rotatable bonds is 4. The summed E-state index contributed by atoms with van der Waals surface area (Å²) in [5.74, 6) is -0.407. The van der Waals surface area contributed by atoms with E-state index in [4.69, 9.17) is 5.11 Å². The van der Waals surface area contributed by atoms with E-state index >= 15 is 0 Å². The van der Waals surface area contributed by atoms with E-state index in [0.717, 1.165) is 31.2 Å². The smallest absolute Gasteiger partial charge is 0.335 e. The highest BCUT2D eigenvalue weighted by atomic mass is 16.4. The summed E-state index contributed by atoms with van der Waals surface area (Å²) in [6.45, 7) is 0. The van der Waals surface area contributed by atoms with Gasteiger partial charge in [-0.3, -0.25) is 4.79 Å². The zero-order valence-electron chi connectivity index (χ0n) is 10.4. The lowest BCUT2D eigenvalue weighted by molar-refractivity contribution is -0.123. The van der Waals surface area contributed by atoms with Gasteiger partial charge in [-0.05, 0) is 30.5 Å². The molecule has 0 aliphatic heterocycles. The van der Waals surface area contributed by atoms with Crippen molar-refractivity contribution >= 4 is 11.8 Å². The van der Waals surface area contributed by atoms with E-state index in [0.29, 0.717) is 12.2 Å². The third-order valence-corrected chi connectivity index (χ3v) is 3.64. The molecule has 96 valence electrons. The summed E-state index contributed by atoms with van der Waals surface area (Å²) in [6.07, 6.45) is 6.04. The highest BCUT2D eigenvalue weighted by molar-refractivity contribution is 5.88. The minimum atomic E-state index is -0.930. The van der Waals surface area contributed by atoms with Gasteiger partial charge in [-0.15, -0.1) is 0 Å². The van der Waals surface area contributed by atoms with Gasteiger partial charge >= 0.3 is 5.97 Å². The summed E-state index contributed by atoms with van der Waals surface area (Å²) in [6, 6.07) is 6.60. The fourth-order valence-corrected chi connectivity index (χ4v) is 2.54. The summed E-state index contributed by atoms with van der Waals surface area (Å²) in [5.41, 5.74) is 1.18. The van der Waals surface area contributed by atoms with Crippen LogP contribution in [0.2, 0.25) is 0 Å². The molecule has 0 unspecified atom stereocenters. The summed E-state index contributed by atoms with van der Waals surface area (Å²) in [5, 5.41) is 8.79. The van der Waals surface area contributed by atoms with Gasteiger partial charge in [-0.25, -0.2) is 4.79 Å². The van der Waals surface area contributed by atoms with Gasteiger partial charge in [0.2, 0.25) is 0 Å². The lowest BCUT2D eigenvalue weighted by Gasteiger charge is -2.20. The van der Waals surface area contributed by atoms with Crippen LogP contribution in [0.1, 0.15) is 48.0 Å². The Morgan fingerprint density at radius 1 is 1.06 bits per heavy atom. The second-order valence-corrected chi connectivity index (χ2v) is 4.98. The van der Waals surface area contributed by atoms with Crippen molar-refractivity contribution in [1.29, 1.82) is 0 Å². The Hall–Kier alpha value is -1.64. The molecule has 0 radical (unpaired) electrons. The number of Topliss-reactive ketones (excluding diaryl/α,β-unsaturated/α-hetero) is 1. The van der Waals surface area contributed by atoms with E-state index in [1.54, 1.807) is 24.3 Å². The zero-order chi connectivity index (χ0) is 13.0. The van der Waals surface area contributed by atoms with Gasteiger partial charge < -0.3 is 5.11 Å². The van der Waals surface area contributed by atoms with Crippen molar-refractivity contribution in [2.24, 2.45) is 5.92 Å². The van der Waals surface area contributed by atoms with Gasteiger partial charge in [0.1, 0.15) is 5.78 Å². The summed E-state index contributed by atoms with van der Waals surface area (Å²) in [7, 11) is 0. The first kappa shape index (κ1) is 12.8. The highest BCUT2D eigenvalue weighted by Gasteiger charge is 2.20. The Bertz CT molecular complexity index is 428. The maximum atomic E-state index is 12.1. The lowest BCUT2D eigenvalue weighted by atomic mass is 9.84. The van der Waals surface area contributed by atoms with Gasteiger partial charge in [0, 0.05) is 12.3 Å². The van der Waals surface area contributed by atoms with Crippen LogP contribution in [0.3, 0.4) is 0 Å². The molecule has 0 spiro atoms. The number of hydrogen-bond donors (Lipinski definition) is 1. The maximum Gasteiger partial charge on any atom is 0.335 e. The fourth-order valence-electron chi connectivity index (χ4n) is 2.54. The number of carbonyl (C=O) groups excluding carboxylic acids is 1. The van der Waals surface area contributed by atoms with E-state index < -0.39 is 5.97 Å². The first-order chi connectivity index (χ1) is 8.66. The SMILES string of the molecule is O=C(O)c1ccc(CC(=O)C2CCCCC2)cc1. The second-order valence-electron chi connectivity index (χ2n) is 4.98. The predicted molar refractivity (Wildman–Crippen MR) is 68.7 cm³/mol. The van der Waals surface area contributed by atoms with Crippen LogP contribution in [0.25, 0.3) is 0 Å². The number of carboxylic acids is 1. The third-order valence-electron chi connectivity index (χ3n) is 3.64. The molecule has 0 bridgehead atoms. The third kappa shape index (κ3) is 3.19. The van der Waals surface area contributed by atoms with E-state index in [1.165, 1.54) is 6.42 Å². The molecular weight excluding hydrogens is 228 g/mol. The van der Waals surface area contributed by atoms with Crippen LogP contribution in [0.5, 0.6) is 0 Å². The summed E-state index contributed by atoms with van der Waals surface area (Å²) in [4.78, 5) is 22.8. The Morgan fingerprint density at radius 3 is 2.22 bits per heavy atom. The highest BCUT2D eigenvalue weighted by Crippen LogP contribution is 2.25. The molecule has 18 heavy (non-hydrogen) atoms. The average molecular weight is 246 g/mol. The number of carboxylic acid groups (broad SMARTS) is 1. The van der Waals surface area contributed by atoms with Crippen LogP contribution < -0.4 is 0 Å². The number of hydrogen-bond acceptors (Lipinski definition) is 2. The van der Waals surface area contributed by atoms with Crippen LogP contribution >= 0.6 is 0 Å². The zero-order valence-corrected chi connectivity index (χ0v) is 10.4. The number of aromatic carboxylic acids is 1. The molecule has 1 aliphatic carbocycles. The molecule has 0 saturated heterocycles. The molecule has 1 saturated carbocycles. The minimum Gasteiger partial charge on any atom is -0.478 e. The molecule has 1 N–H and O–H groups in total. The van der Waals surface area contributed by atoms with Crippen LogP contribution in [0.15, 0.2) is 24.3 Å². The molecule has 3 nitrogen and oxygen atoms in total. The van der Waals surface area contributed by atoms with Gasteiger partial charge in [0.15, 0.2) is 0 Å². The van der Waals surface area contributed by atoms with Crippen LogP contribution in [0.4, 0.5) is 0 Å². The Balaban J connectivity index is 1.96. The molecule has 1 fully saturated rings. The topological polar surface area (TPSA) is 54.4 Å². The van der Waals surface area contributed by atoms with Crippen molar-refractivity contribution in [3.63, 3.8) is 0 Å². The average Bonchev–Trinajstić information content (AvgIpc) is 2.40. The molecule has 1 aliphatic rings. The van der Waals surface area contributed by atoms with Gasteiger partial charge in [0.05, 0.1) is 5.56 Å². The van der Waals surface area contributed by atoms with Gasteiger partial charge in [-0.2, -0.15) is 0 Å². The molecule has 0 amide bonds. The molecular formula is C15H18O3. The van der Waals surface area contributed by atoms with E-state index in [2.05, 4.69) is 0 Å². The van der Waals surface area contributed by atoms with Crippen LogP contribution in [0, 0.1) is 5.92 Å². The van der Waals surface area contributed by atoms with Crippen LogP contribution in [-0.4, -0.2) is 16.9 Å². The van der Waals surface area contributed by atoms with Crippen molar-refractivity contribution in [2.75, 3.05) is 0 Å². The van der Waals surface area contributed by atoms with E-state index in [-0.39, 0.29) is 11.5 Å². The van der Waals surface area contributed by atoms with Crippen molar-refractivity contribution in [2.45, 2.75) is 38.5 Å². The molecule has 3 heteroatoms. The van der Waals surface area contributed by atoms with Crippen molar-refractivity contribution in [3.8, 4) is 0 Å². The standard InChI is InChI=1S/C15H18O3/c16-14(12-4-2-1-3-5-12)10-11-6-8-13(9-7-11)15(17)18/h6-9,12H,1-5,10H2,(H,17,18). The quantitative estimate of drug-likeness (QED) is 0.888. The number of benzene rings is 1. The van der Waals surface area contributed by atoms with E-state index in [1.807, 2.05) is 0 Å². The normalized spacial score (nSPS) is 16.4. The molecule has 1 aromatic carbocycles. The maximum absolute atomic E-state index is 12.1. The predicted octanol–water partition coefficient (Wildman–Crippen LogP) is 3.08. The molecule has 2 rings (SSSR count). The summed E-state index contributed by atoms with van der Waals surface area (Å²) < 4.78 is 0. The molecule has 0 atom stereocenters. The first-order valence-electron chi connectivity index (χ1n) is 6.52. The monoisotopic (exact) mass is 246 g/mol. The lowest BCUT2D eigenvalue weighted by Crippen LogP contribution is -2.19. The Labute approximate surface area is 107 Å². The molecule has 0 aromatic heterocycles. The Kier molecular flexibility index (Phi) is 4.13. The van der Waals surface area contributed by atoms with E-state index in [9.17, 15) is 9.59 Å². The minimum absolute atomic E-state index is 0.220. The Morgan fingerprint density at radius 2 is 1.67 bits per heavy atom. The second kappa shape index (κ2) is 5.80. The number of carbonyl (C=O) groups is 2. The summed E-state index contributed by atoms with van der Waals surface area (Å²) >= 11 is 0. The van der Waals surface area contributed by atoms with Crippen molar-refractivity contribution in [3.05, 3.63) is 35.4 Å². The van der Waals surface area contributed by atoms with Crippen molar-refractivity contribution in [1.82, 2.24) is 0 Å². The van der Waals surface area contributed by atoms with Gasteiger partial charge in [0.25, 0.3) is 0 Å². The largest absolute Gasteiger partial charge is 0.478 e. The molecule has 0 heterocycles. The van der Waals surface area contributed by atoms with Crippen LogP contribution in [-0.2, 0) is 11.2 Å². The number of ketones is 1.